The molecule has 1 aromatic rings. The lowest BCUT2D eigenvalue weighted by Gasteiger charge is -2.15. The number of nitrogens with zero attached hydrogens (tertiary/aromatic N) is 1. The van der Waals surface area contributed by atoms with Crippen LogP contribution in [0.4, 0.5) is 5.69 Å². The highest BCUT2D eigenvalue weighted by atomic mass is 35.5. The molecule has 0 heterocycles. The Kier molecular flexibility index (Phi) is 6.65. The number of nitriles is 1. The van der Waals surface area contributed by atoms with Gasteiger partial charge in [0.25, 0.3) is 0 Å². The second kappa shape index (κ2) is 8.00. The van der Waals surface area contributed by atoms with Crippen molar-refractivity contribution >= 4 is 17.3 Å². The van der Waals surface area contributed by atoms with Crippen LogP contribution in [0, 0.1) is 17.2 Å². The number of rotatable bonds is 7. The third-order valence-corrected chi connectivity index (χ3v) is 2.71. The SMILES string of the molecule is CC(C)COCC(O)CNc1cc(C#N)ccc1Cl. The van der Waals surface area contributed by atoms with Crippen molar-refractivity contribution in [2.75, 3.05) is 25.1 Å². The molecule has 2 N–H and O–H groups in total. The summed E-state index contributed by atoms with van der Waals surface area (Å²) in [6.07, 6.45) is -0.611. The normalized spacial score (nSPS) is 12.2. The fourth-order valence-corrected chi connectivity index (χ4v) is 1.64. The van der Waals surface area contributed by atoms with E-state index >= 15 is 0 Å². The minimum atomic E-state index is -0.611. The van der Waals surface area contributed by atoms with Crippen molar-refractivity contribution in [1.82, 2.24) is 0 Å². The molecule has 4 nitrogen and oxygen atoms in total. The topological polar surface area (TPSA) is 65.3 Å². The smallest absolute Gasteiger partial charge is 0.0992 e. The molecule has 1 atom stereocenters. The molecule has 0 saturated carbocycles. The summed E-state index contributed by atoms with van der Waals surface area (Å²) >= 11 is 6.00. The maximum atomic E-state index is 9.75. The number of hydrogen-bond acceptors (Lipinski definition) is 4. The zero-order valence-electron chi connectivity index (χ0n) is 11.2. The molecule has 0 saturated heterocycles. The van der Waals surface area contributed by atoms with Crippen molar-refractivity contribution in [2.45, 2.75) is 20.0 Å². The summed E-state index contributed by atoms with van der Waals surface area (Å²) in [5, 5.41) is 22.1. The van der Waals surface area contributed by atoms with Crippen molar-refractivity contribution in [1.29, 1.82) is 5.26 Å². The quantitative estimate of drug-likeness (QED) is 0.807. The van der Waals surface area contributed by atoms with Crippen LogP contribution in [0.25, 0.3) is 0 Å². The molecule has 0 spiro atoms. The van der Waals surface area contributed by atoms with E-state index in [1.807, 2.05) is 6.07 Å². The van der Waals surface area contributed by atoms with Gasteiger partial charge >= 0.3 is 0 Å². The summed E-state index contributed by atoms with van der Waals surface area (Å²) in [6.45, 7) is 5.34. The highest BCUT2D eigenvalue weighted by molar-refractivity contribution is 6.33. The standard InChI is InChI=1S/C14H19ClN2O2/c1-10(2)8-19-9-12(18)7-17-14-5-11(6-16)3-4-13(14)15/h3-5,10,12,17-18H,7-9H2,1-2H3. The fraction of sp³-hybridized carbons (Fsp3) is 0.500. The van der Waals surface area contributed by atoms with Crippen molar-refractivity contribution in [3.8, 4) is 6.07 Å². The lowest BCUT2D eigenvalue weighted by atomic mass is 10.2. The molecule has 5 heteroatoms. The summed E-state index contributed by atoms with van der Waals surface area (Å²) in [7, 11) is 0. The lowest BCUT2D eigenvalue weighted by molar-refractivity contribution is 0.0318. The van der Waals surface area contributed by atoms with Crippen molar-refractivity contribution in [2.24, 2.45) is 5.92 Å². The fourth-order valence-electron chi connectivity index (χ4n) is 1.46. The second-order valence-electron chi connectivity index (χ2n) is 4.77. The van der Waals surface area contributed by atoms with Crippen LogP contribution in [0.1, 0.15) is 19.4 Å². The maximum absolute atomic E-state index is 9.75. The number of aliphatic hydroxyl groups excluding tert-OH is 1. The minimum Gasteiger partial charge on any atom is -0.389 e. The van der Waals surface area contributed by atoms with Crippen molar-refractivity contribution in [3.05, 3.63) is 28.8 Å². The van der Waals surface area contributed by atoms with Crippen molar-refractivity contribution in [3.63, 3.8) is 0 Å². The van der Waals surface area contributed by atoms with Gasteiger partial charge < -0.3 is 15.2 Å². The van der Waals surface area contributed by atoms with Crippen LogP contribution < -0.4 is 5.32 Å². The molecule has 0 bridgehead atoms. The summed E-state index contributed by atoms with van der Waals surface area (Å²) in [5.74, 6) is 0.446. The molecule has 0 aromatic heterocycles. The maximum Gasteiger partial charge on any atom is 0.0992 e. The summed E-state index contributed by atoms with van der Waals surface area (Å²) < 4.78 is 5.35. The first-order valence-corrected chi connectivity index (χ1v) is 6.60. The number of ether oxygens (including phenoxy) is 1. The van der Waals surface area contributed by atoms with Gasteiger partial charge in [-0.05, 0) is 24.1 Å². The Balaban J connectivity index is 2.41. The van der Waals surface area contributed by atoms with Crippen LogP contribution in [-0.4, -0.2) is 31.0 Å². The van der Waals surface area contributed by atoms with Gasteiger partial charge in [0.05, 0.1) is 35.1 Å². The Morgan fingerprint density at radius 3 is 2.79 bits per heavy atom. The van der Waals surface area contributed by atoms with Crippen LogP contribution in [-0.2, 0) is 4.74 Å². The highest BCUT2D eigenvalue weighted by Gasteiger charge is 2.07. The van der Waals surface area contributed by atoms with E-state index in [9.17, 15) is 5.11 Å². The van der Waals surface area contributed by atoms with E-state index in [-0.39, 0.29) is 6.61 Å². The predicted octanol–water partition coefficient (Wildman–Crippen LogP) is 2.66. The summed E-state index contributed by atoms with van der Waals surface area (Å²) in [6, 6.07) is 7.01. The first-order valence-electron chi connectivity index (χ1n) is 6.22. The van der Waals surface area contributed by atoms with E-state index in [0.717, 1.165) is 0 Å². The Morgan fingerprint density at radius 2 is 2.16 bits per heavy atom. The Bertz CT molecular complexity index is 444. The zero-order valence-corrected chi connectivity index (χ0v) is 11.9. The van der Waals surface area contributed by atoms with E-state index in [0.29, 0.717) is 35.3 Å². The van der Waals surface area contributed by atoms with E-state index < -0.39 is 6.10 Å². The second-order valence-corrected chi connectivity index (χ2v) is 5.18. The average molecular weight is 283 g/mol. The largest absolute Gasteiger partial charge is 0.389 e. The third kappa shape index (κ3) is 5.93. The average Bonchev–Trinajstić information content (AvgIpc) is 2.37. The molecule has 0 aliphatic heterocycles. The van der Waals surface area contributed by atoms with Gasteiger partial charge in [0.15, 0.2) is 0 Å². The molecular weight excluding hydrogens is 264 g/mol. The van der Waals surface area contributed by atoms with Crippen LogP contribution in [0.3, 0.4) is 0 Å². The molecule has 1 rings (SSSR count). The molecule has 1 aromatic carbocycles. The van der Waals surface area contributed by atoms with E-state index in [1.165, 1.54) is 0 Å². The number of nitrogens with one attached hydrogen (secondary N) is 1. The first-order chi connectivity index (χ1) is 9.02. The van der Waals surface area contributed by atoms with Crippen LogP contribution >= 0.6 is 11.6 Å². The molecule has 104 valence electrons. The highest BCUT2D eigenvalue weighted by Crippen LogP contribution is 2.22. The number of benzene rings is 1. The van der Waals surface area contributed by atoms with Gasteiger partial charge in [-0.15, -0.1) is 0 Å². The monoisotopic (exact) mass is 282 g/mol. The van der Waals surface area contributed by atoms with Crippen LogP contribution in [0.2, 0.25) is 5.02 Å². The Hall–Kier alpha value is -1.28. The molecule has 0 aliphatic rings. The van der Waals surface area contributed by atoms with Crippen LogP contribution in [0.5, 0.6) is 0 Å². The molecule has 1 unspecified atom stereocenters. The number of hydrogen-bond donors (Lipinski definition) is 2. The lowest BCUT2D eigenvalue weighted by Crippen LogP contribution is -2.25. The minimum absolute atomic E-state index is 0.279. The van der Waals surface area contributed by atoms with Gasteiger partial charge in [0.1, 0.15) is 0 Å². The van der Waals surface area contributed by atoms with E-state index in [1.54, 1.807) is 18.2 Å². The molecule has 0 aliphatic carbocycles. The predicted molar refractivity (Wildman–Crippen MR) is 76.3 cm³/mol. The van der Waals surface area contributed by atoms with Gasteiger partial charge in [-0.2, -0.15) is 5.26 Å². The number of anilines is 1. The van der Waals surface area contributed by atoms with E-state index in [4.69, 9.17) is 21.6 Å². The number of halogens is 1. The first kappa shape index (κ1) is 15.8. The Labute approximate surface area is 119 Å². The van der Waals surface area contributed by atoms with Gasteiger partial charge in [-0.3, -0.25) is 0 Å². The molecule has 0 radical (unpaired) electrons. The Morgan fingerprint density at radius 1 is 1.42 bits per heavy atom. The van der Waals surface area contributed by atoms with Gasteiger partial charge in [0, 0.05) is 13.2 Å². The molecule has 0 fully saturated rings. The molecule has 0 amide bonds. The van der Waals surface area contributed by atoms with Gasteiger partial charge in [0.2, 0.25) is 0 Å². The summed E-state index contributed by atoms with van der Waals surface area (Å²) in [4.78, 5) is 0. The molecule has 19 heavy (non-hydrogen) atoms. The molecular formula is C14H19ClN2O2. The van der Waals surface area contributed by atoms with Gasteiger partial charge in [-0.25, -0.2) is 0 Å². The van der Waals surface area contributed by atoms with Crippen LogP contribution in [0.15, 0.2) is 18.2 Å². The number of aliphatic hydroxyl groups is 1. The van der Waals surface area contributed by atoms with E-state index in [2.05, 4.69) is 19.2 Å². The zero-order chi connectivity index (χ0) is 14.3. The van der Waals surface area contributed by atoms with Crippen molar-refractivity contribution < 1.29 is 9.84 Å². The van der Waals surface area contributed by atoms with Gasteiger partial charge in [-0.1, -0.05) is 25.4 Å². The third-order valence-electron chi connectivity index (χ3n) is 2.39. The summed E-state index contributed by atoms with van der Waals surface area (Å²) in [5.41, 5.74) is 1.17.